The number of ether oxygens (including phenoxy) is 2. The smallest absolute Gasteiger partial charge is 0.315 e. The first kappa shape index (κ1) is 19.9. The Bertz CT molecular complexity index is 577. The average molecular weight is 396 g/mol. The minimum absolute atomic E-state index is 0.120. The van der Waals surface area contributed by atoms with Crippen LogP contribution in [0.25, 0.3) is 0 Å². The number of amides is 3. The molecule has 0 aromatic carbocycles. The van der Waals surface area contributed by atoms with Gasteiger partial charge in [0.2, 0.25) is 5.91 Å². The molecule has 2 bridgehead atoms. The number of urea groups is 1. The Hall–Kier alpha value is -1.42. The highest BCUT2D eigenvalue weighted by atomic mass is 16.7. The van der Waals surface area contributed by atoms with Crippen LogP contribution >= 0.6 is 0 Å². The van der Waals surface area contributed by atoms with E-state index in [2.05, 4.69) is 15.5 Å². The fraction of sp³-hybridized carbons (Fsp3) is 0.895. The predicted octanol–water partition coefficient (Wildman–Crippen LogP) is -0.331. The van der Waals surface area contributed by atoms with Gasteiger partial charge in [0, 0.05) is 12.0 Å². The minimum Gasteiger partial charge on any atom is -0.389 e. The Morgan fingerprint density at radius 1 is 1.04 bits per heavy atom. The van der Waals surface area contributed by atoms with Crippen molar-refractivity contribution < 1.29 is 24.2 Å². The van der Waals surface area contributed by atoms with Crippen molar-refractivity contribution in [1.29, 1.82) is 0 Å². The Balaban J connectivity index is 1.37. The maximum absolute atomic E-state index is 12.5. The molecule has 158 valence electrons. The van der Waals surface area contributed by atoms with E-state index in [0.717, 1.165) is 25.7 Å². The number of carbonyl (C=O) groups is 2. The van der Waals surface area contributed by atoms with Crippen LogP contribution in [0, 0.1) is 5.92 Å². The number of primary amides is 1. The van der Waals surface area contributed by atoms with E-state index in [1.54, 1.807) is 0 Å². The van der Waals surface area contributed by atoms with Gasteiger partial charge in [0.15, 0.2) is 6.29 Å². The molecule has 0 spiro atoms. The second kappa shape index (κ2) is 8.52. The average Bonchev–Trinajstić information content (AvgIpc) is 3.12. The molecule has 5 atom stereocenters. The summed E-state index contributed by atoms with van der Waals surface area (Å²) in [5.41, 5.74) is 5.42. The number of hydrogen-bond donors (Lipinski definition) is 4. The molecule has 1 saturated carbocycles. The first-order chi connectivity index (χ1) is 13.5. The number of aliphatic hydroxyl groups is 1. The first-order valence-corrected chi connectivity index (χ1v) is 10.6. The minimum atomic E-state index is -0.798. The van der Waals surface area contributed by atoms with Crippen LogP contribution < -0.4 is 16.4 Å². The Labute approximate surface area is 165 Å². The van der Waals surface area contributed by atoms with Crippen LogP contribution in [-0.2, 0) is 14.3 Å². The molecule has 5 N–H and O–H groups in total. The van der Waals surface area contributed by atoms with Gasteiger partial charge in [-0.2, -0.15) is 0 Å². The molecular weight excluding hydrogens is 364 g/mol. The molecule has 9 nitrogen and oxygen atoms in total. The number of likely N-dealkylation sites (tertiary alicyclic amines) is 1. The lowest BCUT2D eigenvalue weighted by molar-refractivity contribution is -0.184. The van der Waals surface area contributed by atoms with Crippen LogP contribution in [0.15, 0.2) is 0 Å². The van der Waals surface area contributed by atoms with Crippen LogP contribution in [0.1, 0.15) is 44.9 Å². The van der Waals surface area contributed by atoms with Crippen molar-refractivity contribution in [1.82, 2.24) is 15.5 Å². The van der Waals surface area contributed by atoms with Gasteiger partial charge in [0.25, 0.3) is 0 Å². The normalized spacial score (nSPS) is 37.5. The van der Waals surface area contributed by atoms with Crippen molar-refractivity contribution in [2.24, 2.45) is 11.7 Å². The number of nitrogens with zero attached hydrogens (tertiary/aromatic N) is 1. The van der Waals surface area contributed by atoms with E-state index in [-0.39, 0.29) is 36.0 Å². The summed E-state index contributed by atoms with van der Waals surface area (Å²) in [6.07, 6.45) is 5.18. The molecule has 3 aliphatic heterocycles. The van der Waals surface area contributed by atoms with Gasteiger partial charge in [-0.3, -0.25) is 9.69 Å². The quantitative estimate of drug-likeness (QED) is 0.515. The van der Waals surface area contributed by atoms with Gasteiger partial charge in [-0.05, 0) is 38.8 Å². The number of fused-ring (bicyclic) bond motifs is 2. The fourth-order valence-electron chi connectivity index (χ4n) is 5.08. The highest BCUT2D eigenvalue weighted by Gasteiger charge is 2.53. The molecular formula is C19H32N4O5. The highest BCUT2D eigenvalue weighted by Crippen LogP contribution is 2.33. The molecule has 0 aromatic rings. The lowest BCUT2D eigenvalue weighted by Crippen LogP contribution is -2.67. The van der Waals surface area contributed by atoms with Crippen molar-refractivity contribution in [3.05, 3.63) is 0 Å². The summed E-state index contributed by atoms with van der Waals surface area (Å²) in [7, 11) is 0. The van der Waals surface area contributed by atoms with Crippen LogP contribution in [0.3, 0.4) is 0 Å². The number of carbonyl (C=O) groups excluding carboxylic acids is 2. The third-order valence-electron chi connectivity index (χ3n) is 6.72. The summed E-state index contributed by atoms with van der Waals surface area (Å²) in [6, 6.07) is -0.948. The van der Waals surface area contributed by atoms with Gasteiger partial charge in [-0.1, -0.05) is 19.3 Å². The third kappa shape index (κ3) is 4.12. The van der Waals surface area contributed by atoms with Crippen LogP contribution in [0.2, 0.25) is 0 Å². The van der Waals surface area contributed by atoms with Crippen LogP contribution in [0.4, 0.5) is 4.79 Å². The van der Waals surface area contributed by atoms with E-state index in [1.165, 1.54) is 6.42 Å². The molecule has 3 heterocycles. The SMILES string of the molecule is NC(=O)C1CCN(C2C3OCC(O3)C(NC(=O)NC3CCCCC3)C2O)CC1. The standard InChI is InChI=1S/C19H32N4O5/c20-17(25)11-6-8-23(9-7-11)15-16(24)14(13-10-27-18(15)28-13)22-19(26)21-12-4-2-1-3-5-12/h11-16,18,24H,1-10H2,(H2,20,25)(H2,21,22,26). The first-order valence-electron chi connectivity index (χ1n) is 10.6. The molecule has 3 saturated heterocycles. The van der Waals surface area contributed by atoms with Crippen molar-refractivity contribution in [2.75, 3.05) is 19.7 Å². The number of aliphatic hydroxyl groups excluding tert-OH is 1. The van der Waals surface area contributed by atoms with Crippen molar-refractivity contribution in [3.63, 3.8) is 0 Å². The summed E-state index contributed by atoms with van der Waals surface area (Å²) in [4.78, 5) is 26.0. The molecule has 9 heteroatoms. The van der Waals surface area contributed by atoms with Crippen LogP contribution in [-0.4, -0.2) is 78.3 Å². The van der Waals surface area contributed by atoms with Gasteiger partial charge < -0.3 is 30.9 Å². The summed E-state index contributed by atoms with van der Waals surface area (Å²) in [5.74, 6) is -0.387. The summed E-state index contributed by atoms with van der Waals surface area (Å²) in [5, 5.41) is 17.0. The number of hydrogen-bond acceptors (Lipinski definition) is 6. The predicted molar refractivity (Wildman–Crippen MR) is 100 cm³/mol. The molecule has 5 unspecified atom stereocenters. The van der Waals surface area contributed by atoms with E-state index >= 15 is 0 Å². The van der Waals surface area contributed by atoms with Gasteiger partial charge in [0.05, 0.1) is 24.8 Å². The highest BCUT2D eigenvalue weighted by molar-refractivity contribution is 5.76. The van der Waals surface area contributed by atoms with Gasteiger partial charge in [-0.15, -0.1) is 0 Å². The number of nitrogens with one attached hydrogen (secondary N) is 2. The lowest BCUT2D eigenvalue weighted by Gasteiger charge is -2.45. The maximum Gasteiger partial charge on any atom is 0.315 e. The van der Waals surface area contributed by atoms with Gasteiger partial charge in [-0.25, -0.2) is 4.79 Å². The molecule has 0 aromatic heterocycles. The molecule has 28 heavy (non-hydrogen) atoms. The van der Waals surface area contributed by atoms with E-state index < -0.39 is 18.4 Å². The third-order valence-corrected chi connectivity index (χ3v) is 6.72. The zero-order valence-corrected chi connectivity index (χ0v) is 16.2. The molecule has 4 aliphatic rings. The molecule has 1 aliphatic carbocycles. The maximum atomic E-state index is 12.5. The van der Waals surface area contributed by atoms with E-state index in [4.69, 9.17) is 15.2 Å². The largest absolute Gasteiger partial charge is 0.389 e. The lowest BCUT2D eigenvalue weighted by atomic mass is 9.90. The van der Waals surface area contributed by atoms with E-state index in [9.17, 15) is 14.7 Å². The van der Waals surface area contributed by atoms with Crippen molar-refractivity contribution in [2.45, 2.75) is 81.6 Å². The van der Waals surface area contributed by atoms with Crippen molar-refractivity contribution >= 4 is 11.9 Å². The second-order valence-corrected chi connectivity index (χ2v) is 8.55. The van der Waals surface area contributed by atoms with Crippen LogP contribution in [0.5, 0.6) is 0 Å². The number of nitrogens with two attached hydrogens (primary N) is 1. The van der Waals surface area contributed by atoms with Crippen molar-refractivity contribution in [3.8, 4) is 0 Å². The van der Waals surface area contributed by atoms with E-state index in [1.807, 2.05) is 0 Å². The second-order valence-electron chi connectivity index (χ2n) is 8.55. The molecule has 0 radical (unpaired) electrons. The zero-order chi connectivity index (χ0) is 19.7. The Morgan fingerprint density at radius 3 is 2.43 bits per heavy atom. The zero-order valence-electron chi connectivity index (χ0n) is 16.2. The summed E-state index contributed by atoms with van der Waals surface area (Å²) in [6.45, 7) is 1.64. The Morgan fingerprint density at radius 2 is 1.75 bits per heavy atom. The van der Waals surface area contributed by atoms with Gasteiger partial charge in [0.1, 0.15) is 6.10 Å². The monoisotopic (exact) mass is 396 g/mol. The number of rotatable bonds is 4. The van der Waals surface area contributed by atoms with E-state index in [0.29, 0.717) is 32.5 Å². The summed E-state index contributed by atoms with van der Waals surface area (Å²) < 4.78 is 11.7. The summed E-state index contributed by atoms with van der Waals surface area (Å²) >= 11 is 0. The topological polar surface area (TPSA) is 126 Å². The Kier molecular flexibility index (Phi) is 6.05. The number of piperidine rings is 1. The molecule has 4 fully saturated rings. The molecule has 3 amide bonds. The fourth-order valence-corrected chi connectivity index (χ4v) is 5.08. The van der Waals surface area contributed by atoms with Gasteiger partial charge >= 0.3 is 6.03 Å². The molecule has 4 rings (SSSR count).